The summed E-state index contributed by atoms with van der Waals surface area (Å²) >= 11 is 0. The maximum atomic E-state index is 12.8. The van der Waals surface area contributed by atoms with Crippen LogP contribution in [0, 0.1) is 0 Å². The molecule has 0 spiro atoms. The minimum atomic E-state index is -3.00. The zero-order valence-electron chi connectivity index (χ0n) is 17.7. The van der Waals surface area contributed by atoms with Crippen molar-refractivity contribution in [3.63, 3.8) is 0 Å². The molecule has 2 aromatic carbocycles. The predicted octanol–water partition coefficient (Wildman–Crippen LogP) is 4.09. The van der Waals surface area contributed by atoms with E-state index in [4.69, 9.17) is 4.74 Å². The van der Waals surface area contributed by atoms with E-state index in [9.17, 15) is 13.6 Å². The van der Waals surface area contributed by atoms with Crippen LogP contribution in [0.1, 0.15) is 12.5 Å². The van der Waals surface area contributed by atoms with Gasteiger partial charge < -0.3 is 24.6 Å². The summed E-state index contributed by atoms with van der Waals surface area (Å²) < 4.78 is 35.2. The molecule has 1 amide bonds. The van der Waals surface area contributed by atoms with Gasteiger partial charge >= 0.3 is 6.61 Å². The van der Waals surface area contributed by atoms with Gasteiger partial charge in [-0.2, -0.15) is 8.78 Å². The molecule has 1 saturated heterocycles. The monoisotopic (exact) mass is 431 g/mol. The number of nitrogens with one attached hydrogen (secondary N) is 1. The highest BCUT2D eigenvalue weighted by Crippen LogP contribution is 2.33. The molecule has 0 radical (unpaired) electrons. The summed E-state index contributed by atoms with van der Waals surface area (Å²) in [5.74, 6) is -0.317. The molecule has 0 unspecified atom stereocenters. The molecule has 1 fully saturated rings. The van der Waals surface area contributed by atoms with E-state index in [0.29, 0.717) is 11.3 Å². The van der Waals surface area contributed by atoms with Crippen LogP contribution in [0.3, 0.4) is 0 Å². The summed E-state index contributed by atoms with van der Waals surface area (Å²) in [6.45, 7) is 3.89. The topological polar surface area (TPSA) is 54.0 Å². The van der Waals surface area contributed by atoms with Crippen LogP contribution in [0.15, 0.2) is 48.5 Å². The maximum Gasteiger partial charge on any atom is 0.387 e. The summed E-state index contributed by atoms with van der Waals surface area (Å²) in [5.41, 5.74) is 1.98. The van der Waals surface area contributed by atoms with Crippen molar-refractivity contribution >= 4 is 23.4 Å². The smallest absolute Gasteiger partial charge is 0.387 e. The van der Waals surface area contributed by atoms with Crippen LogP contribution in [0.4, 0.5) is 20.2 Å². The first-order valence-corrected chi connectivity index (χ1v) is 10.2. The average Bonchev–Trinajstić information content (AvgIpc) is 2.78. The third-order valence-corrected chi connectivity index (χ3v) is 5.17. The molecule has 1 N–H and O–H groups in total. The number of ether oxygens (including phenoxy) is 2. The number of piperazine rings is 1. The Morgan fingerprint density at radius 3 is 2.55 bits per heavy atom. The second kappa shape index (κ2) is 10.8. The number of likely N-dealkylation sites (N-methyl/N-ethyl adjacent to an activating group) is 1. The van der Waals surface area contributed by atoms with Gasteiger partial charge in [-0.05, 0) is 30.8 Å². The molecule has 1 aliphatic rings. The third-order valence-electron chi connectivity index (χ3n) is 5.17. The van der Waals surface area contributed by atoms with E-state index in [0.717, 1.165) is 38.4 Å². The molecule has 0 aromatic heterocycles. The third kappa shape index (κ3) is 5.95. The van der Waals surface area contributed by atoms with Crippen LogP contribution in [-0.2, 0) is 4.79 Å². The minimum absolute atomic E-state index is 0.113. The second-order valence-electron chi connectivity index (χ2n) is 7.02. The van der Waals surface area contributed by atoms with Gasteiger partial charge in [0.25, 0.3) is 0 Å². The highest BCUT2D eigenvalue weighted by molar-refractivity contribution is 6.04. The van der Waals surface area contributed by atoms with Crippen LogP contribution < -0.4 is 19.7 Å². The van der Waals surface area contributed by atoms with Crippen molar-refractivity contribution in [3.05, 3.63) is 54.1 Å². The molecule has 0 atom stereocenters. The van der Waals surface area contributed by atoms with E-state index < -0.39 is 6.61 Å². The normalized spacial score (nSPS) is 14.8. The Bertz CT molecular complexity index is 913. The SMILES string of the molecule is CCN1CCN(c2ccccc2NC(=O)/C=C/c2cccc(OC)c2OC(F)F)CC1. The summed E-state index contributed by atoms with van der Waals surface area (Å²) in [4.78, 5) is 17.2. The van der Waals surface area contributed by atoms with Gasteiger partial charge in [0.15, 0.2) is 11.5 Å². The Hall–Kier alpha value is -3.13. The van der Waals surface area contributed by atoms with E-state index in [1.807, 2.05) is 24.3 Å². The molecule has 1 heterocycles. The van der Waals surface area contributed by atoms with E-state index in [-0.39, 0.29) is 17.4 Å². The lowest BCUT2D eigenvalue weighted by atomic mass is 10.1. The van der Waals surface area contributed by atoms with Crippen molar-refractivity contribution in [1.82, 2.24) is 4.90 Å². The Kier molecular flexibility index (Phi) is 7.83. The molecule has 0 aliphatic carbocycles. The molecule has 1 aliphatic heterocycles. The van der Waals surface area contributed by atoms with Crippen LogP contribution in [0.2, 0.25) is 0 Å². The molecule has 0 saturated carbocycles. The van der Waals surface area contributed by atoms with Gasteiger partial charge in [0.2, 0.25) is 5.91 Å². The van der Waals surface area contributed by atoms with Gasteiger partial charge in [-0.15, -0.1) is 0 Å². The second-order valence-corrected chi connectivity index (χ2v) is 7.02. The largest absolute Gasteiger partial charge is 0.493 e. The molecular formula is C23H27F2N3O3. The first-order chi connectivity index (χ1) is 15.0. The molecule has 31 heavy (non-hydrogen) atoms. The maximum absolute atomic E-state index is 12.8. The van der Waals surface area contributed by atoms with Gasteiger partial charge in [-0.3, -0.25) is 4.79 Å². The summed E-state index contributed by atoms with van der Waals surface area (Å²) in [7, 11) is 1.37. The fourth-order valence-electron chi connectivity index (χ4n) is 3.54. The molecule has 0 bridgehead atoms. The first-order valence-electron chi connectivity index (χ1n) is 10.2. The quantitative estimate of drug-likeness (QED) is 0.638. The van der Waals surface area contributed by atoms with Gasteiger partial charge in [0.1, 0.15) is 0 Å². The number of anilines is 2. The molecule has 8 heteroatoms. The Morgan fingerprint density at radius 1 is 1.13 bits per heavy atom. The number of amides is 1. The van der Waals surface area contributed by atoms with Gasteiger partial charge in [-0.25, -0.2) is 0 Å². The Labute approximate surface area is 181 Å². The Morgan fingerprint density at radius 2 is 1.87 bits per heavy atom. The van der Waals surface area contributed by atoms with Crippen molar-refractivity contribution in [2.45, 2.75) is 13.5 Å². The molecule has 6 nitrogen and oxygen atoms in total. The van der Waals surface area contributed by atoms with Crippen molar-refractivity contribution < 1.29 is 23.0 Å². The van der Waals surface area contributed by atoms with Crippen LogP contribution in [0.5, 0.6) is 11.5 Å². The number of hydrogen-bond acceptors (Lipinski definition) is 5. The summed E-state index contributed by atoms with van der Waals surface area (Å²) in [5, 5.41) is 2.89. The number of rotatable bonds is 8. The van der Waals surface area contributed by atoms with E-state index in [1.54, 1.807) is 12.1 Å². The average molecular weight is 431 g/mol. The van der Waals surface area contributed by atoms with Gasteiger partial charge in [0, 0.05) is 37.8 Å². The fourth-order valence-corrected chi connectivity index (χ4v) is 3.54. The summed E-state index contributed by atoms with van der Waals surface area (Å²) in [6.07, 6.45) is 2.72. The number of para-hydroxylation sites is 3. The minimum Gasteiger partial charge on any atom is -0.493 e. The molecule has 3 rings (SSSR count). The van der Waals surface area contributed by atoms with Gasteiger partial charge in [-0.1, -0.05) is 31.2 Å². The van der Waals surface area contributed by atoms with Crippen LogP contribution >= 0.6 is 0 Å². The van der Waals surface area contributed by atoms with Crippen molar-refractivity contribution in [2.75, 3.05) is 50.1 Å². The predicted molar refractivity (Wildman–Crippen MR) is 118 cm³/mol. The van der Waals surface area contributed by atoms with Crippen LogP contribution in [-0.4, -0.2) is 57.3 Å². The lowest BCUT2D eigenvalue weighted by Gasteiger charge is -2.36. The zero-order valence-corrected chi connectivity index (χ0v) is 17.7. The standard InChI is InChI=1S/C23H27F2N3O3/c1-3-27-13-15-28(16-14-27)19-9-5-4-8-18(19)26-21(29)12-11-17-7-6-10-20(30-2)22(17)31-23(24)25/h4-12,23H,3,13-16H2,1-2H3,(H,26,29)/b12-11+. The van der Waals surface area contributed by atoms with Gasteiger partial charge in [0.05, 0.1) is 18.5 Å². The number of nitrogens with zero attached hydrogens (tertiary/aromatic N) is 2. The highest BCUT2D eigenvalue weighted by Gasteiger charge is 2.19. The van der Waals surface area contributed by atoms with Crippen molar-refractivity contribution in [2.24, 2.45) is 0 Å². The lowest BCUT2D eigenvalue weighted by Crippen LogP contribution is -2.46. The molecular weight excluding hydrogens is 404 g/mol. The Balaban J connectivity index is 1.73. The summed E-state index contributed by atoms with van der Waals surface area (Å²) in [6, 6.07) is 12.4. The number of methoxy groups -OCH3 is 1. The number of alkyl halides is 2. The van der Waals surface area contributed by atoms with E-state index in [1.165, 1.54) is 25.3 Å². The molecule has 166 valence electrons. The zero-order chi connectivity index (χ0) is 22.2. The number of halogens is 2. The molecule has 2 aromatic rings. The van der Waals surface area contributed by atoms with Crippen molar-refractivity contribution in [1.29, 1.82) is 0 Å². The number of hydrogen-bond donors (Lipinski definition) is 1. The van der Waals surface area contributed by atoms with Crippen LogP contribution in [0.25, 0.3) is 6.08 Å². The highest BCUT2D eigenvalue weighted by atomic mass is 19.3. The number of carbonyl (C=O) groups excluding carboxylic acids is 1. The fraction of sp³-hybridized carbons (Fsp3) is 0.348. The van der Waals surface area contributed by atoms with E-state index >= 15 is 0 Å². The lowest BCUT2D eigenvalue weighted by molar-refractivity contribution is -0.111. The van der Waals surface area contributed by atoms with Crippen molar-refractivity contribution in [3.8, 4) is 11.5 Å². The first kappa shape index (κ1) is 22.6. The number of carbonyl (C=O) groups is 1. The van der Waals surface area contributed by atoms with E-state index in [2.05, 4.69) is 26.8 Å². The number of benzene rings is 2.